The molecule has 5 rings (SSSR count). The summed E-state index contributed by atoms with van der Waals surface area (Å²) >= 11 is 6.03. The van der Waals surface area contributed by atoms with E-state index in [1.54, 1.807) is 15.3 Å². The van der Waals surface area contributed by atoms with E-state index in [1.165, 1.54) is 0 Å². The van der Waals surface area contributed by atoms with Crippen molar-refractivity contribution in [3.8, 4) is 11.1 Å². The Bertz CT molecular complexity index is 1400. The van der Waals surface area contributed by atoms with E-state index < -0.39 is 0 Å². The fourth-order valence-corrected chi connectivity index (χ4v) is 3.80. The Morgan fingerprint density at radius 2 is 1.76 bits per heavy atom. The quantitative estimate of drug-likeness (QED) is 0.440. The molecule has 29 heavy (non-hydrogen) atoms. The van der Waals surface area contributed by atoms with Crippen LogP contribution in [0, 0.1) is 6.92 Å². The van der Waals surface area contributed by atoms with Crippen molar-refractivity contribution < 1.29 is 0 Å². The van der Waals surface area contributed by atoms with E-state index in [-0.39, 0.29) is 5.56 Å². The summed E-state index contributed by atoms with van der Waals surface area (Å²) in [6.45, 7) is 2.46. The summed E-state index contributed by atoms with van der Waals surface area (Å²) < 4.78 is 3.45. The third-order valence-electron chi connectivity index (χ3n) is 5.09. The zero-order valence-corrected chi connectivity index (χ0v) is 16.5. The number of halogens is 1. The fraction of sp³-hybridized carbons (Fsp3) is 0.0870. The van der Waals surface area contributed by atoms with Crippen LogP contribution in [0.25, 0.3) is 27.7 Å². The highest BCUT2D eigenvalue weighted by Crippen LogP contribution is 2.29. The lowest BCUT2D eigenvalue weighted by atomic mass is 10.1. The Hall–Kier alpha value is -3.44. The molecule has 5 nitrogen and oxygen atoms in total. The van der Waals surface area contributed by atoms with Crippen molar-refractivity contribution >= 4 is 28.2 Å². The van der Waals surface area contributed by atoms with Crippen LogP contribution in [-0.2, 0) is 6.54 Å². The Morgan fingerprint density at radius 1 is 1.00 bits per heavy atom. The second kappa shape index (κ2) is 6.87. The number of nitrogens with zero attached hydrogens (tertiary/aromatic N) is 4. The van der Waals surface area contributed by atoms with Crippen molar-refractivity contribution in [2.24, 2.45) is 0 Å². The Morgan fingerprint density at radius 3 is 2.52 bits per heavy atom. The molecule has 0 saturated heterocycles. The first-order valence-corrected chi connectivity index (χ1v) is 9.67. The molecule has 0 fully saturated rings. The van der Waals surface area contributed by atoms with Gasteiger partial charge in [0.25, 0.3) is 5.56 Å². The second-order valence-electron chi connectivity index (χ2n) is 6.99. The van der Waals surface area contributed by atoms with E-state index >= 15 is 0 Å². The number of rotatable bonds is 3. The Kier molecular flexibility index (Phi) is 4.18. The number of benzene rings is 2. The molecule has 0 unspecified atom stereocenters. The Labute approximate surface area is 171 Å². The van der Waals surface area contributed by atoms with Gasteiger partial charge >= 0.3 is 0 Å². The number of aromatic nitrogens is 4. The monoisotopic (exact) mass is 400 g/mol. The van der Waals surface area contributed by atoms with E-state index in [1.807, 2.05) is 73.8 Å². The average Bonchev–Trinajstić information content (AvgIpc) is 3.08. The molecule has 0 bridgehead atoms. The normalized spacial score (nSPS) is 11.4. The van der Waals surface area contributed by atoms with Gasteiger partial charge in [-0.25, -0.2) is 9.50 Å². The zero-order chi connectivity index (χ0) is 20.0. The molecule has 0 aliphatic rings. The molecule has 0 spiro atoms. The molecule has 0 atom stereocenters. The minimum absolute atomic E-state index is 0.0815. The van der Waals surface area contributed by atoms with Crippen LogP contribution in [0.5, 0.6) is 0 Å². The van der Waals surface area contributed by atoms with Gasteiger partial charge in [0.1, 0.15) is 0 Å². The van der Waals surface area contributed by atoms with Crippen LogP contribution in [-0.4, -0.2) is 19.2 Å². The molecule has 142 valence electrons. The smallest absolute Gasteiger partial charge is 0.261 e. The van der Waals surface area contributed by atoms with E-state index in [2.05, 4.69) is 10.1 Å². The van der Waals surface area contributed by atoms with Crippen molar-refractivity contribution in [1.29, 1.82) is 0 Å². The maximum atomic E-state index is 13.0. The van der Waals surface area contributed by atoms with Crippen molar-refractivity contribution in [1.82, 2.24) is 19.2 Å². The summed E-state index contributed by atoms with van der Waals surface area (Å²) in [6, 6.07) is 19.5. The lowest BCUT2D eigenvalue weighted by Crippen LogP contribution is -2.21. The predicted molar refractivity (Wildman–Crippen MR) is 115 cm³/mol. The van der Waals surface area contributed by atoms with E-state index in [0.29, 0.717) is 17.0 Å². The topological polar surface area (TPSA) is 52.2 Å². The van der Waals surface area contributed by atoms with Gasteiger partial charge in [0, 0.05) is 23.0 Å². The fourth-order valence-electron chi connectivity index (χ4n) is 3.68. The van der Waals surface area contributed by atoms with Crippen LogP contribution in [0.15, 0.2) is 77.9 Å². The molecule has 6 heteroatoms. The minimum Gasteiger partial charge on any atom is -0.310 e. The van der Waals surface area contributed by atoms with E-state index in [9.17, 15) is 4.79 Å². The van der Waals surface area contributed by atoms with Gasteiger partial charge in [-0.3, -0.25) is 4.79 Å². The molecule has 3 heterocycles. The molecule has 0 saturated carbocycles. The summed E-state index contributed by atoms with van der Waals surface area (Å²) in [5, 5.41) is 5.89. The highest BCUT2D eigenvalue weighted by Gasteiger charge is 2.16. The highest BCUT2D eigenvalue weighted by molar-refractivity contribution is 6.30. The third kappa shape index (κ3) is 3.00. The Balaban J connectivity index is 1.68. The summed E-state index contributed by atoms with van der Waals surface area (Å²) in [6.07, 6.45) is 3.46. The van der Waals surface area contributed by atoms with Crippen LogP contribution in [0.1, 0.15) is 11.3 Å². The summed E-state index contributed by atoms with van der Waals surface area (Å²) in [5.74, 6) is 0. The van der Waals surface area contributed by atoms with Gasteiger partial charge in [-0.1, -0.05) is 54.1 Å². The summed E-state index contributed by atoms with van der Waals surface area (Å²) in [5.41, 5.74) is 5.24. The largest absolute Gasteiger partial charge is 0.310 e. The van der Waals surface area contributed by atoms with Gasteiger partial charge in [-0.15, -0.1) is 0 Å². The first-order valence-electron chi connectivity index (χ1n) is 9.29. The van der Waals surface area contributed by atoms with Crippen LogP contribution in [0.4, 0.5) is 0 Å². The number of aryl methyl sites for hydroxylation is 1. The third-order valence-corrected chi connectivity index (χ3v) is 5.34. The second-order valence-corrected chi connectivity index (χ2v) is 7.43. The van der Waals surface area contributed by atoms with Crippen LogP contribution in [0.3, 0.4) is 0 Å². The molecule has 5 aromatic rings. The summed E-state index contributed by atoms with van der Waals surface area (Å²) in [7, 11) is 0. The first kappa shape index (κ1) is 17.6. The van der Waals surface area contributed by atoms with Gasteiger partial charge in [-0.05, 0) is 36.2 Å². The number of hydrogen-bond acceptors (Lipinski definition) is 3. The van der Waals surface area contributed by atoms with Gasteiger partial charge in [0.2, 0.25) is 0 Å². The SMILES string of the molecule is Cc1nn2c(ncc3c(=O)n(Cc4ccccc4)ccc32)c1-c1ccc(Cl)cc1. The van der Waals surface area contributed by atoms with Crippen LogP contribution in [0.2, 0.25) is 5.02 Å². The van der Waals surface area contributed by atoms with Gasteiger partial charge < -0.3 is 4.57 Å². The number of pyridine rings is 1. The first-order chi connectivity index (χ1) is 14.1. The number of fused-ring (bicyclic) bond motifs is 3. The zero-order valence-electron chi connectivity index (χ0n) is 15.7. The molecule has 2 aromatic carbocycles. The van der Waals surface area contributed by atoms with Crippen molar-refractivity contribution in [3.05, 3.63) is 99.7 Å². The average molecular weight is 401 g/mol. The standard InChI is InChI=1S/C23H17ClN4O/c1-15-21(17-7-9-18(24)10-8-17)22-25-13-19-20(28(22)26-15)11-12-27(23(19)29)14-16-5-3-2-4-6-16/h2-13H,14H2,1H3. The van der Waals surface area contributed by atoms with Crippen molar-refractivity contribution in [3.63, 3.8) is 0 Å². The summed E-state index contributed by atoms with van der Waals surface area (Å²) in [4.78, 5) is 17.6. The number of hydrogen-bond donors (Lipinski definition) is 0. The minimum atomic E-state index is -0.0815. The molecule has 0 amide bonds. The lowest BCUT2D eigenvalue weighted by Gasteiger charge is -2.08. The van der Waals surface area contributed by atoms with Crippen LogP contribution < -0.4 is 5.56 Å². The molecule has 0 N–H and O–H groups in total. The van der Waals surface area contributed by atoms with Crippen molar-refractivity contribution in [2.75, 3.05) is 0 Å². The van der Waals surface area contributed by atoms with Gasteiger partial charge in [-0.2, -0.15) is 5.10 Å². The molecule has 0 radical (unpaired) electrons. The van der Waals surface area contributed by atoms with Gasteiger partial charge in [0.05, 0.1) is 23.1 Å². The molecule has 0 aliphatic carbocycles. The molecule has 0 aliphatic heterocycles. The van der Waals surface area contributed by atoms with Crippen molar-refractivity contribution in [2.45, 2.75) is 13.5 Å². The predicted octanol–water partition coefficient (Wildman–Crippen LogP) is 4.72. The lowest BCUT2D eigenvalue weighted by molar-refractivity contribution is 0.765. The van der Waals surface area contributed by atoms with Crippen LogP contribution >= 0.6 is 11.6 Å². The van der Waals surface area contributed by atoms with E-state index in [0.717, 1.165) is 33.5 Å². The maximum absolute atomic E-state index is 13.0. The van der Waals surface area contributed by atoms with E-state index in [4.69, 9.17) is 11.6 Å². The molecular formula is C23H17ClN4O. The maximum Gasteiger partial charge on any atom is 0.261 e. The molecular weight excluding hydrogens is 384 g/mol. The van der Waals surface area contributed by atoms with Gasteiger partial charge in [0.15, 0.2) is 5.65 Å². The highest BCUT2D eigenvalue weighted by atomic mass is 35.5. The molecule has 3 aromatic heterocycles.